The van der Waals surface area contributed by atoms with Crippen molar-refractivity contribution in [2.75, 3.05) is 31.8 Å². The number of carbonyl (C=O) groups excluding carboxylic acids is 3. The first kappa shape index (κ1) is 44.4. The Morgan fingerprint density at radius 3 is 2.34 bits per heavy atom. The number of esters is 2. The molecule has 4 rings (SSSR count). The van der Waals surface area contributed by atoms with Gasteiger partial charge < -0.3 is 24.1 Å². The van der Waals surface area contributed by atoms with E-state index in [1.165, 1.54) is 56.3 Å². The van der Waals surface area contributed by atoms with E-state index in [4.69, 9.17) is 14.2 Å². The molecule has 1 amide bonds. The fourth-order valence-corrected chi connectivity index (χ4v) is 7.28. The third kappa shape index (κ3) is 14.6. The van der Waals surface area contributed by atoms with E-state index >= 15 is 0 Å². The molecule has 14 heteroatoms. The second-order valence-electron chi connectivity index (χ2n) is 14.3. The molecule has 2 aromatic heterocycles. The van der Waals surface area contributed by atoms with Crippen LogP contribution >= 0.6 is 15.9 Å². The molecule has 1 aromatic carbocycles. The van der Waals surface area contributed by atoms with Crippen molar-refractivity contribution in [1.82, 2.24) is 24.4 Å². The Morgan fingerprint density at radius 2 is 1.62 bits per heavy atom. The maximum atomic E-state index is 13.4. The lowest BCUT2D eigenvalue weighted by Crippen LogP contribution is -2.39. The first-order chi connectivity index (χ1) is 27.3. The number of fused-ring (bicyclic) bond motifs is 1. The molecule has 0 aliphatic carbocycles. The summed E-state index contributed by atoms with van der Waals surface area (Å²) in [6.07, 6.45) is 27.3. The predicted octanol–water partition coefficient (Wildman–Crippen LogP) is 9.31. The van der Waals surface area contributed by atoms with Crippen LogP contribution in [0.25, 0.3) is 11.0 Å². The van der Waals surface area contributed by atoms with Crippen molar-refractivity contribution in [3.63, 3.8) is 0 Å². The van der Waals surface area contributed by atoms with Gasteiger partial charge in [-0.3, -0.25) is 24.5 Å². The number of nitrogens with one attached hydrogen (secondary N) is 1. The number of aryl methyl sites for hydroxylation is 1. The molecule has 1 aliphatic heterocycles. The topological polar surface area (TPSA) is 150 Å². The summed E-state index contributed by atoms with van der Waals surface area (Å²) in [6.45, 7) is 4.31. The van der Waals surface area contributed by atoms with Crippen LogP contribution in [0, 0.1) is 11.8 Å². The van der Waals surface area contributed by atoms with Gasteiger partial charge in [0.2, 0.25) is 12.8 Å². The minimum absolute atomic E-state index is 0.0671. The number of anilines is 1. The summed E-state index contributed by atoms with van der Waals surface area (Å²) < 4.78 is 19.2. The number of benzene rings is 1. The fourth-order valence-electron chi connectivity index (χ4n) is 6.75. The van der Waals surface area contributed by atoms with Gasteiger partial charge in [0.15, 0.2) is 0 Å². The molecule has 0 bridgehead atoms. The SMILES string of the molecule is CCCCCCCC/C=C\CCCCCCCC(=O)OC[C@H](Cc1cncn1C)[C@H](CC)C(=O)OCOC(=O)N1CCN=C1Nc1ccc2nccnc2c1Br. The lowest BCUT2D eigenvalue weighted by atomic mass is 9.87. The number of amides is 1. The van der Waals surface area contributed by atoms with Gasteiger partial charge in [-0.2, -0.15) is 0 Å². The van der Waals surface area contributed by atoms with Gasteiger partial charge in [0, 0.05) is 43.7 Å². The Bertz CT molecular complexity index is 1730. The van der Waals surface area contributed by atoms with Crippen LogP contribution in [0.1, 0.15) is 116 Å². The molecule has 3 aromatic rings. The summed E-state index contributed by atoms with van der Waals surface area (Å²) in [6, 6.07) is 3.64. The second-order valence-corrected chi connectivity index (χ2v) is 15.1. The fraction of sp³-hybridized carbons (Fsp3) is 0.595. The Hall–Kier alpha value is -4.33. The second kappa shape index (κ2) is 25.0. The molecular formula is C42H60BrN7O6. The van der Waals surface area contributed by atoms with Gasteiger partial charge in [0.05, 0.1) is 47.6 Å². The highest BCUT2D eigenvalue weighted by molar-refractivity contribution is 9.10. The first-order valence-electron chi connectivity index (χ1n) is 20.4. The zero-order valence-corrected chi connectivity index (χ0v) is 35.0. The van der Waals surface area contributed by atoms with Crippen molar-refractivity contribution in [2.45, 2.75) is 117 Å². The number of aromatic nitrogens is 4. The minimum atomic E-state index is -0.706. The van der Waals surface area contributed by atoms with Crippen LogP contribution in [-0.4, -0.2) is 74.9 Å². The van der Waals surface area contributed by atoms with Crippen molar-refractivity contribution in [3.05, 3.63) is 59.4 Å². The Kier molecular flexibility index (Phi) is 19.8. The summed E-state index contributed by atoms with van der Waals surface area (Å²) in [5.74, 6) is -1.46. The maximum absolute atomic E-state index is 13.4. The molecule has 56 heavy (non-hydrogen) atoms. The molecule has 0 radical (unpaired) electrons. The number of carbonyl (C=O) groups is 3. The van der Waals surface area contributed by atoms with E-state index in [0.717, 1.165) is 43.3 Å². The monoisotopic (exact) mass is 837 g/mol. The summed E-state index contributed by atoms with van der Waals surface area (Å²) in [5, 5.41) is 3.16. The Morgan fingerprint density at radius 1 is 0.911 bits per heavy atom. The number of unbranched alkanes of at least 4 members (excludes halogenated alkanes) is 11. The Balaban J connectivity index is 1.17. The quantitative estimate of drug-likeness (QED) is 0.0379. The third-order valence-corrected chi connectivity index (χ3v) is 10.9. The molecule has 1 aliphatic rings. The highest BCUT2D eigenvalue weighted by Crippen LogP contribution is 2.30. The van der Waals surface area contributed by atoms with Crippen molar-refractivity contribution >= 4 is 56.6 Å². The van der Waals surface area contributed by atoms with Crippen LogP contribution in [0.3, 0.4) is 0 Å². The lowest BCUT2D eigenvalue weighted by Gasteiger charge is -2.25. The first-order valence-corrected chi connectivity index (χ1v) is 21.2. The average Bonchev–Trinajstić information content (AvgIpc) is 3.84. The molecule has 306 valence electrons. The number of allylic oxidation sites excluding steroid dienone is 2. The standard InChI is InChI=1S/C42H60BrN7O6/c1-4-6-7-8-9-10-11-12-13-14-15-16-17-18-19-20-37(51)54-29-32(27-33-28-44-30-49(33)3)34(5-2)40(52)55-31-56-42(53)50-26-25-47-41(50)48-35-21-22-36-39(38(35)43)46-24-23-45-36/h12-13,21-24,28,30,32,34H,4-11,14-20,25-27,29,31H2,1-3H3,(H,47,48)/b13-12-/t32-,34-/m0/s1. The van der Waals surface area contributed by atoms with Crippen LogP contribution in [0.2, 0.25) is 0 Å². The molecule has 0 saturated carbocycles. The number of ether oxygens (including phenoxy) is 3. The van der Waals surface area contributed by atoms with Crippen LogP contribution in [0.4, 0.5) is 10.5 Å². The highest BCUT2D eigenvalue weighted by atomic mass is 79.9. The van der Waals surface area contributed by atoms with Crippen LogP contribution in [0.15, 0.2) is 58.7 Å². The van der Waals surface area contributed by atoms with Gasteiger partial charge >= 0.3 is 18.0 Å². The number of halogens is 1. The number of hydrogen-bond acceptors (Lipinski definition) is 11. The molecule has 0 saturated heterocycles. The number of nitrogens with zero attached hydrogens (tertiary/aromatic N) is 6. The smallest absolute Gasteiger partial charge is 0.419 e. The van der Waals surface area contributed by atoms with Crippen LogP contribution in [-0.2, 0) is 37.3 Å². The molecule has 3 heterocycles. The van der Waals surface area contributed by atoms with Crippen LogP contribution in [0.5, 0.6) is 0 Å². The summed E-state index contributed by atoms with van der Waals surface area (Å²) in [5.41, 5.74) is 2.94. The summed E-state index contributed by atoms with van der Waals surface area (Å²) in [4.78, 5) is 57.9. The molecule has 1 N–H and O–H groups in total. The van der Waals surface area contributed by atoms with Crippen molar-refractivity contribution in [3.8, 4) is 0 Å². The van der Waals surface area contributed by atoms with E-state index in [1.54, 1.807) is 24.9 Å². The van der Waals surface area contributed by atoms with E-state index in [9.17, 15) is 14.4 Å². The van der Waals surface area contributed by atoms with Crippen molar-refractivity contribution in [2.24, 2.45) is 23.9 Å². The molecule has 2 atom stereocenters. The summed E-state index contributed by atoms with van der Waals surface area (Å²) >= 11 is 3.57. The van der Waals surface area contributed by atoms with Crippen molar-refractivity contribution in [1.29, 1.82) is 0 Å². The number of rotatable bonds is 25. The summed E-state index contributed by atoms with van der Waals surface area (Å²) in [7, 11) is 1.88. The minimum Gasteiger partial charge on any atom is -0.465 e. The molecule has 0 unspecified atom stereocenters. The van der Waals surface area contributed by atoms with Crippen molar-refractivity contribution < 1.29 is 28.6 Å². The maximum Gasteiger partial charge on any atom is 0.419 e. The zero-order chi connectivity index (χ0) is 40.0. The average molecular weight is 839 g/mol. The normalized spacial score (nSPS) is 13.9. The molecule has 13 nitrogen and oxygen atoms in total. The Labute approximate surface area is 340 Å². The predicted molar refractivity (Wildman–Crippen MR) is 222 cm³/mol. The van der Waals surface area contributed by atoms with E-state index < -0.39 is 24.8 Å². The number of aliphatic imine (C=N–C) groups is 1. The van der Waals surface area contributed by atoms with Gasteiger partial charge in [-0.25, -0.2) is 14.7 Å². The third-order valence-electron chi connectivity index (χ3n) is 10.1. The number of hydrogen-bond donors (Lipinski definition) is 1. The van der Waals surface area contributed by atoms with E-state index in [0.29, 0.717) is 54.0 Å². The van der Waals surface area contributed by atoms with Gasteiger partial charge in [0.1, 0.15) is 5.52 Å². The lowest BCUT2D eigenvalue weighted by molar-refractivity contribution is -0.162. The van der Waals surface area contributed by atoms with Gasteiger partial charge in [-0.15, -0.1) is 0 Å². The molecular weight excluding hydrogens is 778 g/mol. The number of imidazole rings is 1. The van der Waals surface area contributed by atoms with E-state index in [1.807, 2.05) is 30.7 Å². The molecule has 0 spiro atoms. The largest absolute Gasteiger partial charge is 0.465 e. The van der Waals surface area contributed by atoms with E-state index in [2.05, 4.69) is 60.3 Å². The van der Waals surface area contributed by atoms with Crippen LogP contribution < -0.4 is 5.32 Å². The zero-order valence-electron chi connectivity index (χ0n) is 33.4. The van der Waals surface area contributed by atoms with Gasteiger partial charge in [0.25, 0.3) is 0 Å². The highest BCUT2D eigenvalue weighted by Gasteiger charge is 2.32. The van der Waals surface area contributed by atoms with Gasteiger partial charge in [-0.1, -0.05) is 77.4 Å². The molecule has 0 fully saturated rings. The number of guanidine groups is 1. The van der Waals surface area contributed by atoms with Gasteiger partial charge in [-0.05, 0) is 73.0 Å². The van der Waals surface area contributed by atoms with E-state index in [-0.39, 0.29) is 18.5 Å².